The second-order valence-electron chi connectivity index (χ2n) is 4.04. The number of hydrogen-bond acceptors (Lipinski definition) is 1. The average molecular weight is 303 g/mol. The summed E-state index contributed by atoms with van der Waals surface area (Å²) in [6.07, 6.45) is 2.52. The zero-order valence-electron chi connectivity index (χ0n) is 8.75. The van der Waals surface area contributed by atoms with Gasteiger partial charge < -0.3 is 5.32 Å². The van der Waals surface area contributed by atoms with Gasteiger partial charge in [0.25, 0.3) is 5.91 Å². The number of carbonyl (C=O) groups excluding carboxylic acids is 1. The zero-order chi connectivity index (χ0) is 11.5. The van der Waals surface area contributed by atoms with Gasteiger partial charge in [0, 0.05) is 11.4 Å². The minimum atomic E-state index is -0.101. The number of alkyl halides is 1. The molecule has 1 atom stereocenters. The van der Waals surface area contributed by atoms with E-state index in [2.05, 4.69) is 21.2 Å². The molecule has 2 rings (SSSR count). The molecule has 1 amide bonds. The highest BCUT2D eigenvalue weighted by atomic mass is 79.9. The Morgan fingerprint density at radius 1 is 1.50 bits per heavy atom. The van der Waals surface area contributed by atoms with E-state index in [-0.39, 0.29) is 5.91 Å². The lowest BCUT2D eigenvalue weighted by Gasteiger charge is -2.10. The molecule has 0 saturated heterocycles. The van der Waals surface area contributed by atoms with E-state index in [9.17, 15) is 4.79 Å². The molecule has 1 fully saturated rings. The van der Waals surface area contributed by atoms with Gasteiger partial charge in [-0.3, -0.25) is 4.79 Å². The van der Waals surface area contributed by atoms with Gasteiger partial charge >= 0.3 is 0 Å². The Hall–Kier alpha value is -0.540. The topological polar surface area (TPSA) is 29.1 Å². The number of amides is 1. The van der Waals surface area contributed by atoms with Crippen molar-refractivity contribution in [3.63, 3.8) is 0 Å². The van der Waals surface area contributed by atoms with E-state index in [0.29, 0.717) is 22.0 Å². The molecule has 2 nitrogen and oxygen atoms in total. The molecule has 1 aromatic rings. The maximum atomic E-state index is 11.8. The molecule has 1 saturated carbocycles. The second kappa shape index (κ2) is 5.19. The summed E-state index contributed by atoms with van der Waals surface area (Å²) in [7, 11) is 0. The van der Waals surface area contributed by atoms with Crippen LogP contribution in [0.5, 0.6) is 0 Å². The molecule has 0 spiro atoms. The summed E-state index contributed by atoms with van der Waals surface area (Å²) in [5.41, 5.74) is 0.541. The first-order chi connectivity index (χ1) is 7.68. The van der Waals surface area contributed by atoms with Gasteiger partial charge in [-0.25, -0.2) is 0 Å². The number of rotatable bonds is 4. The number of nitrogens with one attached hydrogen (secondary N) is 1. The number of carbonyl (C=O) groups is 1. The monoisotopic (exact) mass is 301 g/mol. The molecule has 1 unspecified atom stereocenters. The maximum absolute atomic E-state index is 11.8. The molecule has 16 heavy (non-hydrogen) atoms. The highest BCUT2D eigenvalue weighted by molar-refractivity contribution is 9.09. The molecule has 0 bridgehead atoms. The Labute approximate surface area is 108 Å². The first kappa shape index (κ1) is 11.9. The van der Waals surface area contributed by atoms with Gasteiger partial charge in [0.05, 0.1) is 10.6 Å². The molecule has 0 aromatic heterocycles. The minimum Gasteiger partial charge on any atom is -0.351 e. The molecular formula is C12H13BrClNO. The van der Waals surface area contributed by atoms with E-state index in [4.69, 9.17) is 11.6 Å². The molecule has 1 aliphatic carbocycles. The average Bonchev–Trinajstić information content (AvgIpc) is 3.10. The second-order valence-corrected chi connectivity index (χ2v) is 5.63. The normalized spacial score (nSPS) is 16.9. The quantitative estimate of drug-likeness (QED) is 0.850. The molecule has 1 N–H and O–H groups in total. The van der Waals surface area contributed by atoms with Gasteiger partial charge in [-0.15, -0.1) is 0 Å². The first-order valence-electron chi connectivity index (χ1n) is 5.35. The summed E-state index contributed by atoms with van der Waals surface area (Å²) in [5, 5.41) is 3.39. The fourth-order valence-corrected chi connectivity index (χ4v) is 2.47. The molecule has 0 radical (unpaired) electrons. The van der Waals surface area contributed by atoms with Gasteiger partial charge in [-0.2, -0.15) is 0 Å². The Kier molecular flexibility index (Phi) is 3.87. The van der Waals surface area contributed by atoms with Gasteiger partial charge in [0.2, 0.25) is 0 Å². The standard InChI is InChI=1S/C12H13BrClNO/c13-10(8-5-6-8)7-15-12(16)9-3-1-2-4-11(9)14/h1-4,8,10H,5-7H2,(H,15,16). The van der Waals surface area contributed by atoms with E-state index in [0.717, 1.165) is 5.92 Å². The van der Waals surface area contributed by atoms with Crippen LogP contribution in [0.2, 0.25) is 5.02 Å². The van der Waals surface area contributed by atoms with E-state index >= 15 is 0 Å². The van der Waals surface area contributed by atoms with Gasteiger partial charge in [-0.1, -0.05) is 39.7 Å². The first-order valence-corrected chi connectivity index (χ1v) is 6.64. The third kappa shape index (κ3) is 2.98. The molecule has 0 heterocycles. The van der Waals surface area contributed by atoms with Crippen molar-refractivity contribution in [2.45, 2.75) is 17.7 Å². The van der Waals surface area contributed by atoms with Crippen LogP contribution in [0, 0.1) is 5.92 Å². The van der Waals surface area contributed by atoms with Crippen LogP contribution in [-0.2, 0) is 0 Å². The molecule has 1 aliphatic rings. The summed E-state index contributed by atoms with van der Waals surface area (Å²) in [6, 6.07) is 7.09. The van der Waals surface area contributed by atoms with Crippen LogP contribution in [0.3, 0.4) is 0 Å². The lowest BCUT2D eigenvalue weighted by atomic mass is 10.2. The van der Waals surface area contributed by atoms with Crippen LogP contribution in [0.1, 0.15) is 23.2 Å². The zero-order valence-corrected chi connectivity index (χ0v) is 11.1. The Bertz CT molecular complexity index is 392. The molecule has 4 heteroatoms. The molecule has 1 aromatic carbocycles. The van der Waals surface area contributed by atoms with Crippen LogP contribution < -0.4 is 5.32 Å². The molecule has 0 aliphatic heterocycles. The Morgan fingerprint density at radius 2 is 2.19 bits per heavy atom. The van der Waals surface area contributed by atoms with Crippen molar-refractivity contribution >= 4 is 33.4 Å². The van der Waals surface area contributed by atoms with Crippen molar-refractivity contribution in [2.24, 2.45) is 5.92 Å². The lowest BCUT2D eigenvalue weighted by molar-refractivity contribution is 0.0953. The Morgan fingerprint density at radius 3 is 2.81 bits per heavy atom. The number of halogens is 2. The number of hydrogen-bond donors (Lipinski definition) is 1. The highest BCUT2D eigenvalue weighted by Gasteiger charge is 2.29. The smallest absolute Gasteiger partial charge is 0.252 e. The van der Waals surface area contributed by atoms with Crippen LogP contribution in [0.4, 0.5) is 0 Å². The van der Waals surface area contributed by atoms with Crippen molar-refractivity contribution < 1.29 is 4.79 Å². The fraction of sp³-hybridized carbons (Fsp3) is 0.417. The SMILES string of the molecule is O=C(NCC(Br)C1CC1)c1ccccc1Cl. The van der Waals surface area contributed by atoms with E-state index in [1.54, 1.807) is 12.1 Å². The van der Waals surface area contributed by atoms with E-state index in [1.807, 2.05) is 12.1 Å². The molecular weight excluding hydrogens is 289 g/mol. The summed E-state index contributed by atoms with van der Waals surface area (Å²) in [6.45, 7) is 0.661. The third-order valence-electron chi connectivity index (χ3n) is 2.71. The van der Waals surface area contributed by atoms with Crippen LogP contribution in [0.15, 0.2) is 24.3 Å². The summed E-state index contributed by atoms with van der Waals surface area (Å²) in [5.74, 6) is 0.627. The van der Waals surface area contributed by atoms with Gasteiger partial charge in [-0.05, 0) is 30.9 Å². The van der Waals surface area contributed by atoms with E-state index in [1.165, 1.54) is 12.8 Å². The van der Waals surface area contributed by atoms with Crippen LogP contribution in [0.25, 0.3) is 0 Å². The summed E-state index contributed by atoms with van der Waals surface area (Å²) >= 11 is 9.51. The van der Waals surface area contributed by atoms with E-state index < -0.39 is 0 Å². The fourth-order valence-electron chi connectivity index (χ4n) is 1.56. The summed E-state index contributed by atoms with van der Waals surface area (Å²) < 4.78 is 0. The Balaban J connectivity index is 1.90. The predicted molar refractivity (Wildman–Crippen MR) is 69.2 cm³/mol. The number of benzene rings is 1. The maximum Gasteiger partial charge on any atom is 0.252 e. The summed E-state index contributed by atoms with van der Waals surface area (Å²) in [4.78, 5) is 12.2. The highest BCUT2D eigenvalue weighted by Crippen LogP contribution is 2.36. The van der Waals surface area contributed by atoms with Crippen molar-refractivity contribution in [1.29, 1.82) is 0 Å². The van der Waals surface area contributed by atoms with Crippen molar-refractivity contribution in [2.75, 3.05) is 6.54 Å². The molecule has 86 valence electrons. The van der Waals surface area contributed by atoms with Crippen molar-refractivity contribution in [1.82, 2.24) is 5.32 Å². The predicted octanol–water partition coefficient (Wildman–Crippen LogP) is 3.24. The largest absolute Gasteiger partial charge is 0.351 e. The van der Waals surface area contributed by atoms with Crippen molar-refractivity contribution in [3.8, 4) is 0 Å². The minimum absolute atomic E-state index is 0.101. The van der Waals surface area contributed by atoms with Crippen LogP contribution in [-0.4, -0.2) is 17.3 Å². The third-order valence-corrected chi connectivity index (χ3v) is 4.11. The van der Waals surface area contributed by atoms with Gasteiger partial charge in [0.15, 0.2) is 0 Å². The van der Waals surface area contributed by atoms with Gasteiger partial charge in [0.1, 0.15) is 0 Å². The van der Waals surface area contributed by atoms with Crippen LogP contribution >= 0.6 is 27.5 Å². The lowest BCUT2D eigenvalue weighted by Crippen LogP contribution is -2.30. The van der Waals surface area contributed by atoms with Crippen molar-refractivity contribution in [3.05, 3.63) is 34.9 Å².